The molecule has 0 unspecified atom stereocenters. The molecule has 2 aromatic carbocycles. The van der Waals surface area contributed by atoms with Crippen molar-refractivity contribution < 1.29 is 18.4 Å². The zero-order valence-corrected chi connectivity index (χ0v) is 34.5. The molecule has 4 N–H and O–H groups in total. The number of aromatic nitrogens is 4. The molecule has 0 saturated carbocycles. The molecule has 1 aliphatic rings. The first-order valence-electron chi connectivity index (χ1n) is 15.9. The standard InChI is InChI=1S/C14H23BNO3P.C14H19N4OP.C6H8BrN3/c1-13(2)14(3,4)19-15(18-13)10-7-8-11(16)12(9-10)20(5,6)17;1-18(2)14-8-7-12(16-17-14)10-5-6-11(15)13(9-10)20(3,4)19;1-10(2)6-4-3-5(7)8-9-6/h7-9H,16H2,1-6H3;5-9H,15H2,1-4H3;3-4H,1-2H3. The van der Waals surface area contributed by atoms with Crippen LogP contribution in [0.25, 0.3) is 11.3 Å². The molecular formula is C34H50BBrN8O4P2. The first-order valence-corrected chi connectivity index (χ1v) is 21.9. The summed E-state index contributed by atoms with van der Waals surface area (Å²) in [5.74, 6) is 1.66. The second kappa shape index (κ2) is 16.0. The second-order valence-electron chi connectivity index (χ2n) is 14.2. The van der Waals surface area contributed by atoms with E-state index in [1.165, 1.54) is 0 Å². The molecule has 3 heterocycles. The Morgan fingerprint density at radius 2 is 1.12 bits per heavy atom. The van der Waals surface area contributed by atoms with Gasteiger partial charge in [-0.3, -0.25) is 0 Å². The van der Waals surface area contributed by atoms with Crippen LogP contribution in [0.2, 0.25) is 0 Å². The molecule has 0 spiro atoms. The number of hydrogen-bond donors (Lipinski definition) is 2. The molecule has 1 fully saturated rings. The summed E-state index contributed by atoms with van der Waals surface area (Å²) in [5, 5.41) is 17.5. The summed E-state index contributed by atoms with van der Waals surface area (Å²) < 4.78 is 37.3. The minimum absolute atomic E-state index is 0.388. The molecule has 5 rings (SSSR count). The number of nitrogen functional groups attached to an aromatic ring is 2. The maximum Gasteiger partial charge on any atom is 0.494 e. The first kappa shape index (κ1) is 41.1. The largest absolute Gasteiger partial charge is 0.494 e. The Kier molecular flexibility index (Phi) is 13.1. The van der Waals surface area contributed by atoms with Crippen LogP contribution in [0.1, 0.15) is 27.7 Å². The maximum atomic E-state index is 12.3. The van der Waals surface area contributed by atoms with Gasteiger partial charge in [0.1, 0.15) is 18.9 Å². The van der Waals surface area contributed by atoms with Crippen LogP contribution < -0.4 is 37.3 Å². The van der Waals surface area contributed by atoms with Crippen molar-refractivity contribution in [3.63, 3.8) is 0 Å². The average Bonchev–Trinajstić information content (AvgIpc) is 3.23. The van der Waals surface area contributed by atoms with Gasteiger partial charge in [-0.15, -0.1) is 20.4 Å². The highest BCUT2D eigenvalue weighted by Crippen LogP contribution is 2.39. The molecule has 1 aliphatic heterocycles. The van der Waals surface area contributed by atoms with Gasteiger partial charge in [0.05, 0.1) is 16.9 Å². The smallest absolute Gasteiger partial charge is 0.399 e. The van der Waals surface area contributed by atoms with Crippen molar-refractivity contribution in [3.8, 4) is 11.3 Å². The Morgan fingerprint density at radius 1 is 0.660 bits per heavy atom. The van der Waals surface area contributed by atoms with Crippen LogP contribution in [0.3, 0.4) is 0 Å². The summed E-state index contributed by atoms with van der Waals surface area (Å²) >= 11 is 3.20. The van der Waals surface area contributed by atoms with Crippen molar-refractivity contribution in [2.45, 2.75) is 38.9 Å². The van der Waals surface area contributed by atoms with Gasteiger partial charge in [0, 0.05) is 55.7 Å². The van der Waals surface area contributed by atoms with Crippen LogP contribution in [0.4, 0.5) is 23.0 Å². The van der Waals surface area contributed by atoms with E-state index in [4.69, 9.17) is 20.8 Å². The number of anilines is 4. The lowest BCUT2D eigenvalue weighted by Crippen LogP contribution is -2.41. The third-order valence-corrected chi connectivity index (χ3v) is 11.8. The second-order valence-corrected chi connectivity index (χ2v) is 21.3. The number of nitrogens with two attached hydrogens (primary N) is 2. The van der Waals surface area contributed by atoms with Crippen molar-refractivity contribution in [2.75, 3.05) is 76.1 Å². The summed E-state index contributed by atoms with van der Waals surface area (Å²) in [6, 6.07) is 18.5. The predicted molar refractivity (Wildman–Crippen MR) is 215 cm³/mol. The number of nitrogens with zero attached hydrogens (tertiary/aromatic N) is 6. The summed E-state index contributed by atoms with van der Waals surface area (Å²) in [5.41, 5.74) is 14.6. The van der Waals surface area contributed by atoms with Gasteiger partial charge in [0.2, 0.25) is 0 Å². The Morgan fingerprint density at radius 3 is 1.54 bits per heavy atom. The number of rotatable bonds is 6. The Bertz CT molecular complexity index is 1850. The topological polar surface area (TPSA) is 163 Å². The molecule has 0 radical (unpaired) electrons. The molecule has 270 valence electrons. The van der Waals surface area contributed by atoms with E-state index in [0.717, 1.165) is 33.0 Å². The molecule has 0 atom stereocenters. The molecule has 12 nitrogen and oxygen atoms in total. The quantitative estimate of drug-likeness (QED) is 0.150. The Hall–Kier alpha value is -3.28. The van der Waals surface area contributed by atoms with Gasteiger partial charge in [-0.2, -0.15) is 0 Å². The van der Waals surface area contributed by atoms with Crippen LogP contribution >= 0.6 is 30.2 Å². The first-order chi connectivity index (χ1) is 22.9. The van der Waals surface area contributed by atoms with Crippen LogP contribution in [-0.4, -0.2) is 93.6 Å². The highest BCUT2D eigenvalue weighted by molar-refractivity contribution is 9.10. The zero-order chi connectivity index (χ0) is 37.8. The van der Waals surface area contributed by atoms with Gasteiger partial charge in [0.25, 0.3) is 0 Å². The monoisotopic (exact) mass is 786 g/mol. The van der Waals surface area contributed by atoms with Gasteiger partial charge in [-0.1, -0.05) is 12.1 Å². The van der Waals surface area contributed by atoms with Crippen molar-refractivity contribution in [3.05, 3.63) is 65.3 Å². The summed E-state index contributed by atoms with van der Waals surface area (Å²) in [6.45, 7) is 14.9. The molecule has 4 aromatic rings. The van der Waals surface area contributed by atoms with Gasteiger partial charge in [0.15, 0.2) is 11.6 Å². The SMILES string of the molecule is CC1(C)OB(c2ccc(N)c(P(C)(C)=O)c2)OC1(C)C.CN(C)c1ccc(-c2ccc(N)c(P(C)(C)=O)c2)nn1.CN(C)c1ccc(Br)nn1. The van der Waals surface area contributed by atoms with Crippen molar-refractivity contribution in [1.82, 2.24) is 20.4 Å². The minimum atomic E-state index is -2.42. The van der Waals surface area contributed by atoms with Gasteiger partial charge >= 0.3 is 7.12 Å². The molecule has 0 bridgehead atoms. The van der Waals surface area contributed by atoms with Crippen LogP contribution in [0.15, 0.2) is 65.3 Å². The van der Waals surface area contributed by atoms with E-state index in [0.29, 0.717) is 22.0 Å². The van der Waals surface area contributed by atoms with Gasteiger partial charge in [-0.25, -0.2) is 0 Å². The highest BCUT2D eigenvalue weighted by Gasteiger charge is 2.51. The van der Waals surface area contributed by atoms with Crippen molar-refractivity contribution in [2.24, 2.45) is 0 Å². The predicted octanol–water partition coefficient (Wildman–Crippen LogP) is 5.16. The van der Waals surface area contributed by atoms with E-state index in [1.54, 1.807) is 38.8 Å². The fourth-order valence-electron chi connectivity index (χ4n) is 4.59. The zero-order valence-electron chi connectivity index (χ0n) is 31.1. The van der Waals surface area contributed by atoms with E-state index < -0.39 is 21.4 Å². The van der Waals surface area contributed by atoms with Crippen molar-refractivity contribution in [1.29, 1.82) is 0 Å². The molecule has 0 aliphatic carbocycles. The van der Waals surface area contributed by atoms with Crippen molar-refractivity contribution >= 4 is 76.4 Å². The lowest BCUT2D eigenvalue weighted by molar-refractivity contribution is 0.00578. The molecule has 2 aromatic heterocycles. The molecule has 0 amide bonds. The normalized spacial score (nSPS) is 14.9. The van der Waals surface area contributed by atoms with Gasteiger partial charge in [-0.05, 0) is 124 Å². The molecule has 50 heavy (non-hydrogen) atoms. The lowest BCUT2D eigenvalue weighted by Gasteiger charge is -2.32. The van der Waals surface area contributed by atoms with Crippen LogP contribution in [0.5, 0.6) is 0 Å². The summed E-state index contributed by atoms with van der Waals surface area (Å²) in [7, 11) is 2.40. The van der Waals surface area contributed by atoms with Crippen LogP contribution in [0, 0.1) is 0 Å². The van der Waals surface area contributed by atoms with E-state index in [1.807, 2.05) is 114 Å². The van der Waals surface area contributed by atoms with E-state index >= 15 is 0 Å². The number of halogens is 1. The summed E-state index contributed by atoms with van der Waals surface area (Å²) in [6.07, 6.45) is 0. The maximum absolute atomic E-state index is 12.3. The van der Waals surface area contributed by atoms with Crippen LogP contribution in [-0.2, 0) is 18.4 Å². The Balaban J connectivity index is 0.000000214. The average molecular weight is 787 g/mol. The van der Waals surface area contributed by atoms with E-state index in [9.17, 15) is 9.13 Å². The molecular weight excluding hydrogens is 737 g/mol. The Labute approximate surface area is 305 Å². The number of hydrogen-bond acceptors (Lipinski definition) is 12. The lowest BCUT2D eigenvalue weighted by atomic mass is 9.79. The van der Waals surface area contributed by atoms with E-state index in [2.05, 4.69) is 36.3 Å². The van der Waals surface area contributed by atoms with E-state index in [-0.39, 0.29) is 11.2 Å². The highest BCUT2D eigenvalue weighted by atomic mass is 79.9. The third-order valence-electron chi connectivity index (χ3n) is 8.25. The van der Waals surface area contributed by atoms with Gasteiger partial charge < -0.3 is 39.7 Å². The molecule has 1 saturated heterocycles. The third kappa shape index (κ3) is 10.6. The molecule has 16 heteroatoms. The number of benzene rings is 2. The fraction of sp³-hybridized carbons (Fsp3) is 0.412. The minimum Gasteiger partial charge on any atom is -0.399 e. The summed E-state index contributed by atoms with van der Waals surface area (Å²) in [4.78, 5) is 3.79. The fourth-order valence-corrected chi connectivity index (χ4v) is 7.10.